The maximum Gasteiger partial charge on any atom is 0.280 e. The summed E-state index contributed by atoms with van der Waals surface area (Å²) in [5.41, 5.74) is 2.00. The van der Waals surface area contributed by atoms with Crippen molar-refractivity contribution in [1.82, 2.24) is 4.41 Å². The third-order valence-corrected chi connectivity index (χ3v) is 7.15. The molecule has 0 aliphatic carbocycles. The number of sulfonamides is 1. The van der Waals surface area contributed by atoms with Gasteiger partial charge in [0.05, 0.1) is 4.90 Å². The molecule has 0 aromatic heterocycles. The van der Waals surface area contributed by atoms with Gasteiger partial charge in [0.25, 0.3) is 10.0 Å². The van der Waals surface area contributed by atoms with Gasteiger partial charge in [-0.2, -0.15) is 17.9 Å². The molecule has 1 N–H and O–H groups in total. The van der Waals surface area contributed by atoms with Gasteiger partial charge in [0, 0.05) is 21.8 Å². The van der Waals surface area contributed by atoms with Crippen LogP contribution in [-0.2, 0) is 14.8 Å². The first-order valence-electron chi connectivity index (χ1n) is 10.2. The highest BCUT2D eigenvalue weighted by Gasteiger charge is 2.35. The maximum atomic E-state index is 14.6. The van der Waals surface area contributed by atoms with Gasteiger partial charge in [0.1, 0.15) is 18.1 Å². The monoisotopic (exact) mass is 485 g/mol. The number of hydrazone groups is 1. The van der Waals surface area contributed by atoms with Crippen molar-refractivity contribution >= 4 is 38.9 Å². The Bertz CT molecular complexity index is 1360. The lowest BCUT2D eigenvalue weighted by atomic mass is 10.0. The fraction of sp³-hybridized carbons (Fsp3) is 0.167. The average Bonchev–Trinajstić information content (AvgIpc) is 2.76. The number of carbonyl (C=O) groups is 1. The highest BCUT2D eigenvalue weighted by atomic mass is 35.5. The molecule has 0 saturated carbocycles. The molecule has 3 aromatic rings. The quantitative estimate of drug-likeness (QED) is 0.552. The predicted molar refractivity (Wildman–Crippen MR) is 127 cm³/mol. The van der Waals surface area contributed by atoms with Crippen LogP contribution in [0.15, 0.2) is 76.7 Å². The number of fused-ring (bicyclic) bond motifs is 1. The van der Waals surface area contributed by atoms with Crippen LogP contribution in [0.1, 0.15) is 36.5 Å². The molecule has 1 amide bonds. The summed E-state index contributed by atoms with van der Waals surface area (Å²) in [5.74, 6) is -0.811. The standard InChI is InChI=1S/C24H21ClFN3O3S/c1-15(2)16-7-10-18(11-8-16)27-23(30)14-29-28-24(19-5-3-4-6-21(19)26)20-13-17(25)9-12-22(20)33(29,31)32/h3-13,15H,14H2,1-2H3,(H,27,30). The van der Waals surface area contributed by atoms with E-state index in [2.05, 4.69) is 24.3 Å². The number of benzene rings is 3. The number of anilines is 1. The summed E-state index contributed by atoms with van der Waals surface area (Å²) in [4.78, 5) is 12.6. The molecule has 4 rings (SSSR count). The van der Waals surface area contributed by atoms with Crippen LogP contribution in [0.5, 0.6) is 0 Å². The Morgan fingerprint density at radius 3 is 2.42 bits per heavy atom. The summed E-state index contributed by atoms with van der Waals surface area (Å²) in [6.45, 7) is 3.55. The molecule has 0 saturated heterocycles. The molecular formula is C24H21ClFN3O3S. The van der Waals surface area contributed by atoms with E-state index in [0.717, 1.165) is 5.56 Å². The molecule has 0 radical (unpaired) electrons. The normalized spacial score (nSPS) is 14.6. The molecule has 1 aliphatic rings. The molecule has 9 heteroatoms. The second-order valence-corrected chi connectivity index (χ2v) is 10.1. The van der Waals surface area contributed by atoms with Crippen LogP contribution in [0.2, 0.25) is 5.02 Å². The van der Waals surface area contributed by atoms with Crippen molar-refractivity contribution in [3.05, 3.63) is 94.3 Å². The van der Waals surface area contributed by atoms with E-state index in [1.807, 2.05) is 12.1 Å². The van der Waals surface area contributed by atoms with E-state index in [9.17, 15) is 17.6 Å². The van der Waals surface area contributed by atoms with Crippen LogP contribution in [-0.4, -0.2) is 31.0 Å². The molecule has 0 unspecified atom stereocenters. The third-order valence-electron chi connectivity index (χ3n) is 5.23. The molecule has 1 heterocycles. The molecule has 3 aromatic carbocycles. The predicted octanol–water partition coefficient (Wildman–Crippen LogP) is 5.00. The largest absolute Gasteiger partial charge is 0.324 e. The lowest BCUT2D eigenvalue weighted by Gasteiger charge is -2.27. The van der Waals surface area contributed by atoms with Gasteiger partial charge in [0.2, 0.25) is 5.91 Å². The van der Waals surface area contributed by atoms with E-state index in [4.69, 9.17) is 11.6 Å². The van der Waals surface area contributed by atoms with Gasteiger partial charge in [-0.05, 0) is 53.9 Å². The Kier molecular flexibility index (Phi) is 6.23. The van der Waals surface area contributed by atoms with Crippen LogP contribution in [0.3, 0.4) is 0 Å². The lowest BCUT2D eigenvalue weighted by Crippen LogP contribution is -2.38. The van der Waals surface area contributed by atoms with Crippen molar-refractivity contribution in [1.29, 1.82) is 0 Å². The highest BCUT2D eigenvalue weighted by Crippen LogP contribution is 2.31. The minimum Gasteiger partial charge on any atom is -0.324 e. The van der Waals surface area contributed by atoms with Crippen LogP contribution in [0, 0.1) is 5.82 Å². The van der Waals surface area contributed by atoms with Gasteiger partial charge in [0.15, 0.2) is 0 Å². The van der Waals surface area contributed by atoms with Crippen LogP contribution < -0.4 is 5.32 Å². The Labute approximate surface area is 196 Å². The third kappa shape index (κ3) is 4.62. The maximum absolute atomic E-state index is 14.6. The zero-order chi connectivity index (χ0) is 23.8. The van der Waals surface area contributed by atoms with Gasteiger partial charge >= 0.3 is 0 Å². The molecule has 0 spiro atoms. The van der Waals surface area contributed by atoms with Crippen molar-refractivity contribution in [3.8, 4) is 0 Å². The minimum absolute atomic E-state index is 0.0783. The molecule has 1 aliphatic heterocycles. The van der Waals surface area contributed by atoms with Crippen molar-refractivity contribution < 1.29 is 17.6 Å². The highest BCUT2D eigenvalue weighted by molar-refractivity contribution is 7.89. The van der Waals surface area contributed by atoms with Gasteiger partial charge in [-0.1, -0.05) is 49.7 Å². The summed E-state index contributed by atoms with van der Waals surface area (Å²) in [5, 5.41) is 7.13. The van der Waals surface area contributed by atoms with Gasteiger partial charge < -0.3 is 5.32 Å². The topological polar surface area (TPSA) is 78.8 Å². The van der Waals surface area contributed by atoms with E-state index in [0.29, 0.717) is 16.0 Å². The van der Waals surface area contributed by atoms with Crippen molar-refractivity contribution in [3.63, 3.8) is 0 Å². The molecule has 6 nitrogen and oxygen atoms in total. The second-order valence-electron chi connectivity index (χ2n) is 7.88. The molecule has 170 valence electrons. The minimum atomic E-state index is -4.15. The number of nitrogens with one attached hydrogen (secondary N) is 1. The summed E-state index contributed by atoms with van der Waals surface area (Å²) in [6, 6.07) is 17.4. The first-order valence-corrected chi connectivity index (χ1v) is 12.0. The first kappa shape index (κ1) is 22.9. The summed E-state index contributed by atoms with van der Waals surface area (Å²) >= 11 is 6.08. The van der Waals surface area contributed by atoms with E-state index < -0.39 is 28.3 Å². The average molecular weight is 486 g/mol. The summed E-state index contributed by atoms with van der Waals surface area (Å²) < 4.78 is 41.6. The first-order chi connectivity index (χ1) is 15.7. The number of nitrogens with zero attached hydrogens (tertiary/aromatic N) is 2. The Balaban J connectivity index is 1.68. The Morgan fingerprint density at radius 1 is 1.06 bits per heavy atom. The number of rotatable bonds is 5. The fourth-order valence-corrected chi connectivity index (χ4v) is 5.04. The summed E-state index contributed by atoms with van der Waals surface area (Å²) in [7, 11) is -4.15. The van der Waals surface area contributed by atoms with E-state index in [1.165, 1.54) is 36.4 Å². The van der Waals surface area contributed by atoms with Crippen LogP contribution in [0.4, 0.5) is 10.1 Å². The second kappa shape index (κ2) is 8.96. The Morgan fingerprint density at radius 2 is 1.76 bits per heavy atom. The van der Waals surface area contributed by atoms with Gasteiger partial charge in [-0.25, -0.2) is 4.39 Å². The molecule has 0 atom stereocenters. The van der Waals surface area contributed by atoms with Crippen LogP contribution >= 0.6 is 11.6 Å². The number of hydrogen-bond donors (Lipinski definition) is 1. The fourth-order valence-electron chi connectivity index (χ4n) is 3.49. The van der Waals surface area contributed by atoms with Crippen molar-refractivity contribution in [2.75, 3.05) is 11.9 Å². The number of hydrogen-bond acceptors (Lipinski definition) is 4. The van der Waals surface area contributed by atoms with Crippen LogP contribution in [0.25, 0.3) is 0 Å². The molecular weight excluding hydrogens is 465 g/mol. The van der Waals surface area contributed by atoms with E-state index in [-0.39, 0.29) is 26.8 Å². The van der Waals surface area contributed by atoms with Gasteiger partial charge in [-0.3, -0.25) is 4.79 Å². The zero-order valence-electron chi connectivity index (χ0n) is 17.9. The van der Waals surface area contributed by atoms with E-state index in [1.54, 1.807) is 18.2 Å². The lowest BCUT2D eigenvalue weighted by molar-refractivity contribution is -0.116. The smallest absolute Gasteiger partial charge is 0.280 e. The van der Waals surface area contributed by atoms with E-state index >= 15 is 0 Å². The SMILES string of the molecule is CC(C)c1ccc(NC(=O)CN2N=C(c3ccccc3F)c3cc(Cl)ccc3S2(=O)=O)cc1. The summed E-state index contributed by atoms with van der Waals surface area (Å²) in [6.07, 6.45) is 0. The molecule has 0 fully saturated rings. The zero-order valence-corrected chi connectivity index (χ0v) is 19.5. The Hall–Kier alpha value is -3.23. The number of carbonyl (C=O) groups excluding carboxylic acids is 1. The van der Waals surface area contributed by atoms with Crippen molar-refractivity contribution in [2.24, 2.45) is 5.10 Å². The number of halogens is 2. The van der Waals surface area contributed by atoms with Gasteiger partial charge in [-0.15, -0.1) is 0 Å². The van der Waals surface area contributed by atoms with Crippen molar-refractivity contribution in [2.45, 2.75) is 24.7 Å². The molecule has 33 heavy (non-hydrogen) atoms. The number of amides is 1. The molecule has 0 bridgehead atoms.